The highest BCUT2D eigenvalue weighted by Gasteiger charge is 2.33. The molecule has 1 aliphatic heterocycles. The molecule has 1 unspecified atom stereocenters. The summed E-state index contributed by atoms with van der Waals surface area (Å²) in [6.45, 7) is 7.52. The zero-order chi connectivity index (χ0) is 18.1. The van der Waals surface area contributed by atoms with Gasteiger partial charge in [0.15, 0.2) is 17.4 Å². The first-order valence-electron chi connectivity index (χ1n) is 8.07. The number of nitrogens with zero attached hydrogens (tertiary/aromatic N) is 1. The van der Waals surface area contributed by atoms with E-state index in [4.69, 9.17) is 4.74 Å². The van der Waals surface area contributed by atoms with Crippen molar-refractivity contribution < 1.29 is 23.1 Å². The van der Waals surface area contributed by atoms with Crippen LogP contribution in [0.5, 0.6) is 0 Å². The minimum absolute atomic E-state index is 0.156. The third-order valence-electron chi connectivity index (χ3n) is 3.99. The molecule has 2 rings (SSSR count). The third kappa shape index (κ3) is 4.10. The third-order valence-corrected chi connectivity index (χ3v) is 3.99. The lowest BCUT2D eigenvalue weighted by molar-refractivity contribution is 0.0171. The maximum atomic E-state index is 14.0. The molecule has 0 bridgehead atoms. The summed E-state index contributed by atoms with van der Waals surface area (Å²) in [5.74, 6) is -3.17. The zero-order valence-electron chi connectivity index (χ0n) is 14.5. The van der Waals surface area contributed by atoms with Gasteiger partial charge in [-0.3, -0.25) is 4.79 Å². The molecule has 132 valence electrons. The number of amides is 1. The molecule has 4 nitrogen and oxygen atoms in total. The molecule has 0 spiro atoms. The fourth-order valence-electron chi connectivity index (χ4n) is 2.84. The molecule has 0 aliphatic carbocycles. The van der Waals surface area contributed by atoms with E-state index < -0.39 is 35.0 Å². The fraction of sp³-hybridized carbons (Fsp3) is 0.556. The van der Waals surface area contributed by atoms with Crippen molar-refractivity contribution in [3.8, 4) is 0 Å². The van der Waals surface area contributed by atoms with Gasteiger partial charge in [-0.25, -0.2) is 13.6 Å². The van der Waals surface area contributed by atoms with Gasteiger partial charge in [0, 0.05) is 19.0 Å². The Kier molecular flexibility index (Phi) is 5.26. The molecule has 1 aliphatic rings. The van der Waals surface area contributed by atoms with Crippen molar-refractivity contribution in [2.45, 2.75) is 46.1 Å². The molecule has 0 saturated carbocycles. The van der Waals surface area contributed by atoms with Crippen LogP contribution in [0.25, 0.3) is 0 Å². The second-order valence-corrected chi connectivity index (χ2v) is 7.18. The Bertz CT molecular complexity index is 652. The lowest BCUT2D eigenvalue weighted by Crippen LogP contribution is -2.44. The van der Waals surface area contributed by atoms with Crippen molar-refractivity contribution in [2.75, 3.05) is 13.1 Å². The molecule has 0 radical (unpaired) electrons. The monoisotopic (exact) mass is 339 g/mol. The van der Waals surface area contributed by atoms with Gasteiger partial charge in [0.2, 0.25) is 0 Å². The SMILES string of the molecule is Cc1ccc(F)c(F)c1C(=O)C1CCCN(C(=O)OC(C)(C)C)C1. The normalized spacial score (nSPS) is 18.4. The number of carbonyl (C=O) groups excluding carboxylic acids is 2. The Morgan fingerprint density at radius 3 is 2.54 bits per heavy atom. The van der Waals surface area contributed by atoms with Crippen LogP contribution in [0, 0.1) is 24.5 Å². The molecule has 1 aromatic rings. The first kappa shape index (κ1) is 18.4. The van der Waals surface area contributed by atoms with Crippen molar-refractivity contribution in [1.82, 2.24) is 4.90 Å². The first-order valence-corrected chi connectivity index (χ1v) is 8.07. The van der Waals surface area contributed by atoms with E-state index in [0.29, 0.717) is 24.9 Å². The number of halogens is 2. The lowest BCUT2D eigenvalue weighted by atomic mass is 9.88. The Morgan fingerprint density at radius 1 is 1.25 bits per heavy atom. The first-order chi connectivity index (χ1) is 11.1. The predicted octanol–water partition coefficient (Wildman–Crippen LogP) is 4.10. The van der Waals surface area contributed by atoms with Crippen molar-refractivity contribution in [3.05, 3.63) is 34.9 Å². The van der Waals surface area contributed by atoms with E-state index >= 15 is 0 Å². The van der Waals surface area contributed by atoms with Gasteiger partial charge >= 0.3 is 6.09 Å². The van der Waals surface area contributed by atoms with Gasteiger partial charge in [0.1, 0.15) is 5.60 Å². The summed E-state index contributed by atoms with van der Waals surface area (Å²) >= 11 is 0. The summed E-state index contributed by atoms with van der Waals surface area (Å²) in [5, 5.41) is 0. The Balaban J connectivity index is 2.17. The van der Waals surface area contributed by atoms with Crippen molar-refractivity contribution in [3.63, 3.8) is 0 Å². The molecule has 1 aromatic carbocycles. The number of likely N-dealkylation sites (tertiary alicyclic amines) is 1. The van der Waals surface area contributed by atoms with E-state index in [1.807, 2.05) is 0 Å². The second kappa shape index (κ2) is 6.87. The maximum Gasteiger partial charge on any atom is 0.410 e. The number of ketones is 1. The van der Waals surface area contributed by atoms with E-state index in [9.17, 15) is 18.4 Å². The molecule has 0 aromatic heterocycles. The molecule has 1 amide bonds. The number of hydrogen-bond acceptors (Lipinski definition) is 3. The molecule has 1 heterocycles. The number of carbonyl (C=O) groups is 2. The summed E-state index contributed by atoms with van der Waals surface area (Å²) in [4.78, 5) is 26.3. The van der Waals surface area contributed by atoms with Gasteiger partial charge in [-0.2, -0.15) is 0 Å². The van der Waals surface area contributed by atoms with Crippen LogP contribution in [-0.2, 0) is 4.74 Å². The van der Waals surface area contributed by atoms with Crippen LogP contribution in [0.2, 0.25) is 0 Å². The molecule has 24 heavy (non-hydrogen) atoms. The van der Waals surface area contributed by atoms with Crippen LogP contribution in [0.1, 0.15) is 49.5 Å². The Morgan fingerprint density at radius 2 is 1.92 bits per heavy atom. The summed E-state index contributed by atoms with van der Waals surface area (Å²) in [6, 6.07) is 2.40. The molecule has 1 atom stereocenters. The molecule has 6 heteroatoms. The number of Topliss-reactive ketones (excluding diaryl/α,β-unsaturated/α-hetero) is 1. The number of piperidine rings is 1. The van der Waals surface area contributed by atoms with E-state index in [1.165, 1.54) is 11.0 Å². The van der Waals surface area contributed by atoms with Crippen molar-refractivity contribution >= 4 is 11.9 Å². The van der Waals surface area contributed by atoms with E-state index in [2.05, 4.69) is 0 Å². The van der Waals surface area contributed by atoms with Gasteiger partial charge < -0.3 is 9.64 Å². The van der Waals surface area contributed by atoms with Gasteiger partial charge in [0.05, 0.1) is 5.56 Å². The summed E-state index contributed by atoms with van der Waals surface area (Å²) in [5.41, 5.74) is -0.446. The molecular weight excluding hydrogens is 316 g/mol. The Hall–Kier alpha value is -1.98. The van der Waals surface area contributed by atoms with E-state index in [-0.39, 0.29) is 12.1 Å². The topological polar surface area (TPSA) is 46.6 Å². The standard InChI is InChI=1S/C18H23F2NO3/c1-11-7-8-13(19)15(20)14(11)16(22)12-6-5-9-21(10-12)17(23)24-18(2,3)4/h7-8,12H,5-6,9-10H2,1-4H3. The van der Waals surface area contributed by atoms with Crippen LogP contribution in [-0.4, -0.2) is 35.5 Å². The number of rotatable bonds is 2. The van der Waals surface area contributed by atoms with E-state index in [1.54, 1.807) is 27.7 Å². The number of aryl methyl sites for hydroxylation is 1. The van der Waals surface area contributed by atoms with Crippen LogP contribution in [0.15, 0.2) is 12.1 Å². The lowest BCUT2D eigenvalue weighted by Gasteiger charge is -2.33. The van der Waals surface area contributed by atoms with Gasteiger partial charge in [-0.15, -0.1) is 0 Å². The largest absolute Gasteiger partial charge is 0.444 e. The highest BCUT2D eigenvalue weighted by molar-refractivity contribution is 5.99. The fourth-order valence-corrected chi connectivity index (χ4v) is 2.84. The number of benzene rings is 1. The van der Waals surface area contributed by atoms with E-state index in [0.717, 1.165) is 6.07 Å². The smallest absolute Gasteiger partial charge is 0.410 e. The average Bonchev–Trinajstić information content (AvgIpc) is 2.50. The van der Waals surface area contributed by atoms with Gasteiger partial charge in [-0.1, -0.05) is 6.07 Å². The second-order valence-electron chi connectivity index (χ2n) is 7.18. The quantitative estimate of drug-likeness (QED) is 0.762. The number of ether oxygens (including phenoxy) is 1. The zero-order valence-corrected chi connectivity index (χ0v) is 14.5. The van der Waals surface area contributed by atoms with Crippen LogP contribution < -0.4 is 0 Å². The average molecular weight is 339 g/mol. The summed E-state index contributed by atoms with van der Waals surface area (Å²) in [7, 11) is 0. The van der Waals surface area contributed by atoms with Crippen molar-refractivity contribution in [2.24, 2.45) is 5.92 Å². The van der Waals surface area contributed by atoms with Crippen LogP contribution in [0.4, 0.5) is 13.6 Å². The summed E-state index contributed by atoms with van der Waals surface area (Å²) < 4.78 is 32.8. The molecule has 1 fully saturated rings. The number of hydrogen-bond donors (Lipinski definition) is 0. The highest BCUT2D eigenvalue weighted by atomic mass is 19.2. The van der Waals surface area contributed by atoms with Crippen LogP contribution in [0.3, 0.4) is 0 Å². The van der Waals surface area contributed by atoms with Gasteiger partial charge in [-0.05, 0) is 52.2 Å². The minimum atomic E-state index is -1.12. The molecule has 1 saturated heterocycles. The molecular formula is C18H23F2NO3. The van der Waals surface area contributed by atoms with Gasteiger partial charge in [0.25, 0.3) is 0 Å². The summed E-state index contributed by atoms with van der Waals surface area (Å²) in [6.07, 6.45) is 0.663. The predicted molar refractivity (Wildman–Crippen MR) is 86.0 cm³/mol. The van der Waals surface area contributed by atoms with Crippen molar-refractivity contribution in [1.29, 1.82) is 0 Å². The van der Waals surface area contributed by atoms with Crippen LogP contribution >= 0.6 is 0 Å². The maximum absolute atomic E-state index is 14.0. The molecule has 0 N–H and O–H groups in total. The Labute approximate surface area is 140 Å². The minimum Gasteiger partial charge on any atom is -0.444 e. The highest BCUT2D eigenvalue weighted by Crippen LogP contribution is 2.26.